The van der Waals surface area contributed by atoms with Gasteiger partial charge in [0, 0.05) is 24.5 Å². The Balaban J connectivity index is 1.97. The summed E-state index contributed by atoms with van der Waals surface area (Å²) in [5, 5.41) is 2.59. The molecule has 0 fully saturated rings. The van der Waals surface area contributed by atoms with E-state index in [4.69, 9.17) is 0 Å². The topological polar surface area (TPSA) is 33.2 Å². The highest BCUT2D eigenvalue weighted by Gasteiger charge is 2.12. The molecule has 0 aliphatic rings. The van der Waals surface area contributed by atoms with E-state index in [1.165, 1.54) is 23.5 Å². The molecule has 2 aromatic rings. The number of benzene rings is 1. The molecule has 0 N–H and O–H groups in total. The third kappa shape index (κ3) is 4.49. The number of carbonyl (C=O) groups excluding carboxylic acids is 1. The van der Waals surface area contributed by atoms with E-state index in [9.17, 15) is 9.18 Å². The molecule has 1 heterocycles. The lowest BCUT2D eigenvalue weighted by molar-refractivity contribution is -0.129. The summed E-state index contributed by atoms with van der Waals surface area (Å²) in [6, 6.07) is 6.32. The fourth-order valence-electron chi connectivity index (χ4n) is 2.03. The third-order valence-corrected chi connectivity index (χ3v) is 4.22. The SMILES string of the molecule is C=CCCCN(C)C(=O)Cc1csc(-c2cccc(F)c2)n1. The van der Waals surface area contributed by atoms with Crippen molar-refractivity contribution in [3.63, 3.8) is 0 Å². The number of thiazole rings is 1. The average molecular weight is 318 g/mol. The van der Waals surface area contributed by atoms with Crippen molar-refractivity contribution >= 4 is 17.2 Å². The van der Waals surface area contributed by atoms with Crippen LogP contribution in [0.4, 0.5) is 4.39 Å². The standard InChI is InChI=1S/C17H19FN2OS/c1-3-4-5-9-20(2)16(21)11-15-12-22-17(19-15)13-7-6-8-14(18)10-13/h3,6-8,10,12H,1,4-5,9,11H2,2H3. The van der Waals surface area contributed by atoms with Crippen molar-refractivity contribution in [2.75, 3.05) is 13.6 Å². The van der Waals surface area contributed by atoms with Crippen LogP contribution >= 0.6 is 11.3 Å². The number of unbranched alkanes of at least 4 members (excludes halogenated alkanes) is 1. The number of likely N-dealkylation sites (N-methyl/N-ethyl adjacent to an activating group) is 1. The maximum absolute atomic E-state index is 13.2. The molecule has 2 rings (SSSR count). The molecule has 0 spiro atoms. The summed E-state index contributed by atoms with van der Waals surface area (Å²) in [5.41, 5.74) is 1.47. The first-order valence-electron chi connectivity index (χ1n) is 7.15. The molecule has 1 aromatic heterocycles. The minimum Gasteiger partial charge on any atom is -0.345 e. The van der Waals surface area contributed by atoms with Crippen LogP contribution in [0.2, 0.25) is 0 Å². The quantitative estimate of drug-likeness (QED) is 0.573. The monoisotopic (exact) mass is 318 g/mol. The average Bonchev–Trinajstić information content (AvgIpc) is 2.96. The van der Waals surface area contributed by atoms with Crippen LogP contribution in [0.25, 0.3) is 10.6 Å². The van der Waals surface area contributed by atoms with Gasteiger partial charge in [0.05, 0.1) is 12.1 Å². The highest BCUT2D eigenvalue weighted by atomic mass is 32.1. The van der Waals surface area contributed by atoms with Crippen LogP contribution in [0.5, 0.6) is 0 Å². The van der Waals surface area contributed by atoms with Crippen LogP contribution in [0.1, 0.15) is 18.5 Å². The Hall–Kier alpha value is -2.01. The lowest BCUT2D eigenvalue weighted by Gasteiger charge is -2.15. The number of amides is 1. The van der Waals surface area contributed by atoms with E-state index in [1.807, 2.05) is 17.5 Å². The van der Waals surface area contributed by atoms with Crippen LogP contribution in [-0.2, 0) is 11.2 Å². The Kier molecular flexibility index (Phi) is 5.83. The number of hydrogen-bond acceptors (Lipinski definition) is 3. The van der Waals surface area contributed by atoms with Gasteiger partial charge in [0.15, 0.2) is 0 Å². The summed E-state index contributed by atoms with van der Waals surface area (Å²) >= 11 is 1.42. The van der Waals surface area contributed by atoms with E-state index in [1.54, 1.807) is 18.0 Å². The van der Waals surface area contributed by atoms with Gasteiger partial charge in [-0.2, -0.15) is 0 Å². The van der Waals surface area contributed by atoms with Crippen molar-refractivity contribution in [2.24, 2.45) is 0 Å². The molecule has 0 saturated carbocycles. The van der Waals surface area contributed by atoms with E-state index in [-0.39, 0.29) is 18.1 Å². The van der Waals surface area contributed by atoms with Crippen molar-refractivity contribution in [2.45, 2.75) is 19.3 Å². The summed E-state index contributed by atoms with van der Waals surface area (Å²) in [7, 11) is 1.80. The van der Waals surface area contributed by atoms with E-state index in [0.717, 1.165) is 29.1 Å². The second-order valence-electron chi connectivity index (χ2n) is 5.08. The van der Waals surface area contributed by atoms with Gasteiger partial charge < -0.3 is 4.90 Å². The van der Waals surface area contributed by atoms with Crippen molar-refractivity contribution in [3.05, 3.63) is 53.8 Å². The van der Waals surface area contributed by atoms with Gasteiger partial charge in [-0.05, 0) is 25.0 Å². The molecule has 0 aliphatic carbocycles. The van der Waals surface area contributed by atoms with Crippen molar-refractivity contribution in [3.8, 4) is 10.6 Å². The number of rotatable bonds is 7. The largest absolute Gasteiger partial charge is 0.345 e. The number of aromatic nitrogens is 1. The summed E-state index contributed by atoms with van der Waals surface area (Å²) in [5.74, 6) is -0.243. The van der Waals surface area contributed by atoms with Gasteiger partial charge in [-0.25, -0.2) is 9.37 Å². The number of carbonyl (C=O) groups is 1. The molecule has 3 nitrogen and oxygen atoms in total. The highest BCUT2D eigenvalue weighted by molar-refractivity contribution is 7.13. The molecule has 0 bridgehead atoms. The molecule has 1 aromatic carbocycles. The normalized spacial score (nSPS) is 10.5. The van der Waals surface area contributed by atoms with Crippen LogP contribution in [0, 0.1) is 5.82 Å². The summed E-state index contributed by atoms with van der Waals surface area (Å²) in [4.78, 5) is 18.3. The van der Waals surface area contributed by atoms with E-state index < -0.39 is 0 Å². The van der Waals surface area contributed by atoms with E-state index in [2.05, 4.69) is 11.6 Å². The second kappa shape index (κ2) is 7.84. The smallest absolute Gasteiger partial charge is 0.228 e. The molecular weight excluding hydrogens is 299 g/mol. The van der Waals surface area contributed by atoms with E-state index >= 15 is 0 Å². The molecule has 0 radical (unpaired) electrons. The Morgan fingerprint density at radius 3 is 3.05 bits per heavy atom. The second-order valence-corrected chi connectivity index (χ2v) is 5.94. The van der Waals surface area contributed by atoms with Gasteiger partial charge in [-0.15, -0.1) is 17.9 Å². The Labute approximate surface area is 134 Å². The Morgan fingerprint density at radius 2 is 2.32 bits per heavy atom. The predicted octanol–water partition coefficient (Wildman–Crippen LogP) is 3.92. The maximum atomic E-state index is 13.2. The van der Waals surface area contributed by atoms with Gasteiger partial charge in [0.2, 0.25) is 5.91 Å². The van der Waals surface area contributed by atoms with Crippen molar-refractivity contribution in [1.29, 1.82) is 0 Å². The third-order valence-electron chi connectivity index (χ3n) is 3.28. The molecule has 0 unspecified atom stereocenters. The zero-order valence-electron chi connectivity index (χ0n) is 12.6. The van der Waals surface area contributed by atoms with Gasteiger partial charge in [0.1, 0.15) is 10.8 Å². The lowest BCUT2D eigenvalue weighted by Crippen LogP contribution is -2.29. The van der Waals surface area contributed by atoms with Gasteiger partial charge in [-0.1, -0.05) is 18.2 Å². The number of nitrogens with zero attached hydrogens (tertiary/aromatic N) is 2. The zero-order valence-corrected chi connectivity index (χ0v) is 13.4. The highest BCUT2D eigenvalue weighted by Crippen LogP contribution is 2.24. The molecule has 1 amide bonds. The van der Waals surface area contributed by atoms with Crippen molar-refractivity contribution in [1.82, 2.24) is 9.88 Å². The van der Waals surface area contributed by atoms with Gasteiger partial charge in [-0.3, -0.25) is 4.79 Å². The molecular formula is C17H19FN2OS. The number of allylic oxidation sites excluding steroid dienone is 1. The molecule has 0 aliphatic heterocycles. The summed E-state index contributed by atoms with van der Waals surface area (Å²) in [6.07, 6.45) is 3.94. The first-order valence-corrected chi connectivity index (χ1v) is 8.03. The number of hydrogen-bond donors (Lipinski definition) is 0. The van der Waals surface area contributed by atoms with Crippen LogP contribution < -0.4 is 0 Å². The van der Waals surface area contributed by atoms with Gasteiger partial charge >= 0.3 is 0 Å². The van der Waals surface area contributed by atoms with Crippen LogP contribution in [0.3, 0.4) is 0 Å². The zero-order chi connectivity index (χ0) is 15.9. The molecule has 116 valence electrons. The maximum Gasteiger partial charge on any atom is 0.228 e. The molecule has 22 heavy (non-hydrogen) atoms. The summed E-state index contributed by atoms with van der Waals surface area (Å²) < 4.78 is 13.2. The Morgan fingerprint density at radius 1 is 1.50 bits per heavy atom. The lowest BCUT2D eigenvalue weighted by atomic mass is 10.2. The molecule has 0 atom stereocenters. The fraction of sp³-hybridized carbons (Fsp3) is 0.294. The summed E-state index contributed by atoms with van der Waals surface area (Å²) in [6.45, 7) is 4.38. The molecule has 0 saturated heterocycles. The number of halogens is 1. The minimum atomic E-state index is -0.285. The molecule has 5 heteroatoms. The van der Waals surface area contributed by atoms with Crippen molar-refractivity contribution < 1.29 is 9.18 Å². The first-order chi connectivity index (χ1) is 10.6. The first kappa shape index (κ1) is 16.4. The van der Waals surface area contributed by atoms with Gasteiger partial charge in [0.25, 0.3) is 0 Å². The van der Waals surface area contributed by atoms with E-state index in [0.29, 0.717) is 6.54 Å². The van der Waals surface area contributed by atoms with Crippen LogP contribution in [-0.4, -0.2) is 29.4 Å². The minimum absolute atomic E-state index is 0.0418. The predicted molar refractivity (Wildman–Crippen MR) is 88.3 cm³/mol. The van der Waals surface area contributed by atoms with Crippen LogP contribution in [0.15, 0.2) is 42.3 Å². The fourth-order valence-corrected chi connectivity index (χ4v) is 2.85. The Bertz CT molecular complexity index is 654.